The second-order valence-electron chi connectivity index (χ2n) is 6.72. The van der Waals surface area contributed by atoms with Gasteiger partial charge in [0.2, 0.25) is 5.88 Å². The van der Waals surface area contributed by atoms with Crippen molar-refractivity contribution in [2.45, 2.75) is 38.5 Å². The molecule has 0 saturated carbocycles. The zero-order valence-electron chi connectivity index (χ0n) is 15.4. The van der Waals surface area contributed by atoms with Gasteiger partial charge in [-0.3, -0.25) is 4.99 Å². The summed E-state index contributed by atoms with van der Waals surface area (Å²) in [4.78, 5) is 10.6. The fourth-order valence-corrected chi connectivity index (χ4v) is 4.08. The number of hydrogen-bond donors (Lipinski definition) is 1. The smallest absolute Gasteiger partial charge is 0.218 e. The topological polar surface area (TPSA) is 83.9 Å². The number of aliphatic imine (C=N–C) groups is 1. The van der Waals surface area contributed by atoms with Gasteiger partial charge in [-0.2, -0.15) is 0 Å². The average Bonchev–Trinajstić information content (AvgIpc) is 2.57. The van der Waals surface area contributed by atoms with Gasteiger partial charge in [-0.05, 0) is 26.3 Å². The van der Waals surface area contributed by atoms with Crippen LogP contribution in [0.4, 0.5) is 0 Å². The van der Waals surface area contributed by atoms with Crippen LogP contribution in [0.15, 0.2) is 23.3 Å². The largest absolute Gasteiger partial charge is 0.477 e. The third-order valence-corrected chi connectivity index (χ3v) is 6.82. The Bertz CT molecular complexity index is 716. The predicted molar refractivity (Wildman–Crippen MR) is 99.7 cm³/mol. The van der Waals surface area contributed by atoms with E-state index in [2.05, 4.69) is 22.2 Å². The highest BCUT2D eigenvalue weighted by Gasteiger charge is 2.40. The molecule has 0 unspecified atom stereocenters. The average molecular weight is 369 g/mol. The van der Waals surface area contributed by atoms with E-state index in [9.17, 15) is 8.42 Å². The number of aromatic nitrogens is 1. The molecule has 0 amide bonds. The molecule has 2 heterocycles. The van der Waals surface area contributed by atoms with Crippen LogP contribution < -0.4 is 10.1 Å². The maximum absolute atomic E-state index is 12.2. The van der Waals surface area contributed by atoms with Gasteiger partial charge in [0, 0.05) is 38.4 Å². The molecule has 1 aliphatic rings. The minimum absolute atomic E-state index is 0.137. The molecule has 1 N–H and O–H groups in total. The highest BCUT2D eigenvalue weighted by atomic mass is 32.2. The minimum Gasteiger partial charge on any atom is -0.477 e. The van der Waals surface area contributed by atoms with Crippen LogP contribution in [0.2, 0.25) is 0 Å². The lowest BCUT2D eigenvalue weighted by molar-refractivity contribution is 0.301. The van der Waals surface area contributed by atoms with E-state index in [1.54, 1.807) is 27.1 Å². The van der Waals surface area contributed by atoms with E-state index in [0.717, 1.165) is 12.0 Å². The molecular weight excluding hydrogens is 340 g/mol. The number of pyridine rings is 1. The molecule has 25 heavy (non-hydrogen) atoms. The van der Waals surface area contributed by atoms with Crippen molar-refractivity contribution in [3.63, 3.8) is 0 Å². The summed E-state index contributed by atoms with van der Waals surface area (Å²) in [6.07, 6.45) is 2.63. The second-order valence-corrected chi connectivity index (χ2v) is 9.46. The van der Waals surface area contributed by atoms with Gasteiger partial charge < -0.3 is 15.0 Å². The lowest BCUT2D eigenvalue weighted by Gasteiger charge is -2.39. The van der Waals surface area contributed by atoms with Crippen LogP contribution in [0, 0.1) is 0 Å². The van der Waals surface area contributed by atoms with E-state index < -0.39 is 14.6 Å². The van der Waals surface area contributed by atoms with E-state index in [1.807, 2.05) is 17.0 Å². The van der Waals surface area contributed by atoms with Gasteiger partial charge in [0.05, 0.1) is 17.1 Å². The van der Waals surface area contributed by atoms with Gasteiger partial charge in [-0.25, -0.2) is 13.4 Å². The van der Waals surface area contributed by atoms with Crippen LogP contribution in [-0.4, -0.2) is 61.5 Å². The molecule has 140 valence electrons. The van der Waals surface area contributed by atoms with Crippen molar-refractivity contribution in [1.82, 2.24) is 15.2 Å². The van der Waals surface area contributed by atoms with Crippen LogP contribution in [0.25, 0.3) is 0 Å². The van der Waals surface area contributed by atoms with Gasteiger partial charge in [0.15, 0.2) is 15.8 Å². The van der Waals surface area contributed by atoms with Crippen molar-refractivity contribution in [2.75, 3.05) is 32.5 Å². The Kier molecular flexibility index (Phi) is 6.26. The summed E-state index contributed by atoms with van der Waals surface area (Å²) >= 11 is 0. The Hall–Kier alpha value is -1.83. The Morgan fingerprint density at radius 2 is 2.24 bits per heavy atom. The summed E-state index contributed by atoms with van der Waals surface area (Å²) in [6.45, 7) is 7.58. The lowest BCUT2D eigenvalue weighted by atomic mass is 10.2. The van der Waals surface area contributed by atoms with Gasteiger partial charge in [0.25, 0.3) is 0 Å². The number of ether oxygens (including phenoxy) is 1. The van der Waals surface area contributed by atoms with E-state index in [1.165, 1.54) is 0 Å². The molecule has 1 fully saturated rings. The fourth-order valence-electron chi connectivity index (χ4n) is 2.72. The highest BCUT2D eigenvalue weighted by molar-refractivity contribution is 7.92. The van der Waals surface area contributed by atoms with E-state index >= 15 is 0 Å². The van der Waals surface area contributed by atoms with Crippen molar-refractivity contribution in [3.8, 4) is 5.88 Å². The van der Waals surface area contributed by atoms with E-state index in [0.29, 0.717) is 38.1 Å². The van der Waals surface area contributed by atoms with Crippen LogP contribution in [0.5, 0.6) is 5.88 Å². The molecule has 0 radical (unpaired) electrons. The molecule has 0 spiro atoms. The predicted octanol–water partition coefficient (Wildman–Crippen LogP) is 1.45. The van der Waals surface area contributed by atoms with Crippen molar-refractivity contribution in [2.24, 2.45) is 4.99 Å². The zero-order chi connectivity index (χ0) is 18.5. The number of nitrogens with one attached hydrogen (secondary N) is 1. The molecule has 0 atom stereocenters. The Morgan fingerprint density at radius 1 is 1.48 bits per heavy atom. The SMILES string of the molecule is CCCOc1ncccc1CNC(=NC)N1CCS(=O)(=O)C(C)(C)C1. The fraction of sp³-hybridized carbons (Fsp3) is 0.647. The van der Waals surface area contributed by atoms with Crippen molar-refractivity contribution >= 4 is 15.8 Å². The first-order valence-electron chi connectivity index (χ1n) is 8.55. The summed E-state index contributed by atoms with van der Waals surface area (Å²) in [5, 5.41) is 3.30. The van der Waals surface area contributed by atoms with Gasteiger partial charge in [0.1, 0.15) is 0 Å². The molecule has 1 saturated heterocycles. The molecule has 2 rings (SSSR count). The first kappa shape index (κ1) is 19.5. The second kappa shape index (κ2) is 8.03. The van der Waals surface area contributed by atoms with Gasteiger partial charge in [-0.15, -0.1) is 0 Å². The summed E-state index contributed by atoms with van der Waals surface area (Å²) in [5.74, 6) is 1.44. The first-order chi connectivity index (χ1) is 11.8. The van der Waals surface area contributed by atoms with Crippen LogP contribution in [-0.2, 0) is 16.4 Å². The molecule has 1 aromatic rings. The van der Waals surface area contributed by atoms with E-state index in [-0.39, 0.29) is 5.75 Å². The molecule has 1 aromatic heterocycles. The molecule has 0 aliphatic carbocycles. The molecule has 1 aliphatic heterocycles. The maximum Gasteiger partial charge on any atom is 0.218 e. The number of guanidine groups is 1. The summed E-state index contributed by atoms with van der Waals surface area (Å²) in [7, 11) is -1.37. The van der Waals surface area contributed by atoms with Crippen LogP contribution in [0.3, 0.4) is 0 Å². The van der Waals surface area contributed by atoms with Crippen molar-refractivity contribution in [3.05, 3.63) is 23.9 Å². The summed E-state index contributed by atoms with van der Waals surface area (Å²) in [5.41, 5.74) is 0.945. The third-order valence-electron chi connectivity index (χ3n) is 4.28. The Labute approximate surface area is 150 Å². The van der Waals surface area contributed by atoms with E-state index in [4.69, 9.17) is 4.74 Å². The molecule has 0 aromatic carbocycles. The normalized spacial score (nSPS) is 19.5. The maximum atomic E-state index is 12.2. The molecule has 7 nitrogen and oxygen atoms in total. The number of rotatable bonds is 5. The standard InChI is InChI=1S/C17H28N4O3S/c1-5-10-24-15-14(7-6-8-19-15)12-20-16(18-4)21-9-11-25(22,23)17(2,3)13-21/h6-8H,5,9-13H2,1-4H3,(H,18,20). The summed E-state index contributed by atoms with van der Waals surface area (Å²) in [6, 6.07) is 3.83. The zero-order valence-corrected chi connectivity index (χ0v) is 16.3. The Morgan fingerprint density at radius 3 is 2.88 bits per heavy atom. The first-order valence-corrected chi connectivity index (χ1v) is 10.2. The van der Waals surface area contributed by atoms with Crippen LogP contribution in [0.1, 0.15) is 32.8 Å². The Balaban J connectivity index is 2.05. The summed E-state index contributed by atoms with van der Waals surface area (Å²) < 4.78 is 29.2. The van der Waals surface area contributed by atoms with Gasteiger partial charge >= 0.3 is 0 Å². The highest BCUT2D eigenvalue weighted by Crippen LogP contribution is 2.24. The van der Waals surface area contributed by atoms with Gasteiger partial charge in [-0.1, -0.05) is 13.0 Å². The third kappa shape index (κ3) is 4.62. The molecular formula is C17H28N4O3S. The van der Waals surface area contributed by atoms with Crippen molar-refractivity contribution < 1.29 is 13.2 Å². The quantitative estimate of drug-likeness (QED) is 0.626. The van der Waals surface area contributed by atoms with Crippen LogP contribution >= 0.6 is 0 Å². The lowest BCUT2D eigenvalue weighted by Crippen LogP contribution is -2.57. The number of sulfone groups is 1. The minimum atomic E-state index is -3.07. The monoisotopic (exact) mass is 368 g/mol. The number of nitrogens with zero attached hydrogens (tertiary/aromatic N) is 3. The molecule has 0 bridgehead atoms. The molecule has 8 heteroatoms. The van der Waals surface area contributed by atoms with Crippen molar-refractivity contribution in [1.29, 1.82) is 0 Å². The number of hydrogen-bond acceptors (Lipinski definition) is 5.